The van der Waals surface area contributed by atoms with Crippen molar-refractivity contribution in [3.63, 3.8) is 0 Å². The molecule has 0 radical (unpaired) electrons. The molecule has 1 heterocycles. The van der Waals surface area contributed by atoms with Crippen LogP contribution in [0.2, 0.25) is 0 Å². The first kappa shape index (κ1) is 13.2. The third kappa shape index (κ3) is 3.30. The first-order valence-electron chi connectivity index (χ1n) is 5.13. The highest BCUT2D eigenvalue weighted by atomic mass is 16.3. The van der Waals surface area contributed by atoms with Crippen LogP contribution in [0.3, 0.4) is 0 Å². The summed E-state index contributed by atoms with van der Waals surface area (Å²) in [5, 5.41) is 17.8. The number of rotatable bonds is 6. The third-order valence-corrected chi connectivity index (χ3v) is 2.20. The molecule has 1 amide bonds. The summed E-state index contributed by atoms with van der Waals surface area (Å²) in [4.78, 5) is 16.6. The van der Waals surface area contributed by atoms with Gasteiger partial charge in [-0.1, -0.05) is 0 Å². The Hall–Kier alpha value is -1.86. The monoisotopic (exact) mass is 240 g/mol. The molecule has 1 aromatic heterocycles. The van der Waals surface area contributed by atoms with Gasteiger partial charge in [0.2, 0.25) is 0 Å². The van der Waals surface area contributed by atoms with Gasteiger partial charge in [0, 0.05) is 13.1 Å². The van der Waals surface area contributed by atoms with Crippen molar-refractivity contribution < 1.29 is 15.0 Å². The number of aliphatic hydroxyl groups is 2. The SMILES string of the molecule is NC(=O)c1ccc(N)c(N(CCO)CCO)n1. The zero-order chi connectivity index (χ0) is 12.8. The minimum atomic E-state index is -0.654. The lowest BCUT2D eigenvalue weighted by atomic mass is 10.3. The van der Waals surface area contributed by atoms with Crippen LogP contribution in [0, 0.1) is 0 Å². The van der Waals surface area contributed by atoms with Crippen molar-refractivity contribution in [3.8, 4) is 0 Å². The highest BCUT2D eigenvalue weighted by Gasteiger charge is 2.13. The van der Waals surface area contributed by atoms with Crippen LogP contribution in [0.15, 0.2) is 12.1 Å². The van der Waals surface area contributed by atoms with Gasteiger partial charge in [-0.25, -0.2) is 4.98 Å². The minimum absolute atomic E-state index is 0.0927. The molecule has 0 unspecified atom stereocenters. The molecule has 6 N–H and O–H groups in total. The topological polar surface area (TPSA) is 126 Å². The van der Waals surface area contributed by atoms with Gasteiger partial charge in [-0.2, -0.15) is 0 Å². The maximum absolute atomic E-state index is 11.0. The molecule has 0 fully saturated rings. The second kappa shape index (κ2) is 6.02. The number of hydrogen-bond donors (Lipinski definition) is 4. The van der Waals surface area contributed by atoms with E-state index in [4.69, 9.17) is 21.7 Å². The fourth-order valence-electron chi connectivity index (χ4n) is 1.41. The number of primary amides is 1. The van der Waals surface area contributed by atoms with Crippen LogP contribution in [-0.2, 0) is 0 Å². The number of pyridine rings is 1. The number of amides is 1. The lowest BCUT2D eigenvalue weighted by Gasteiger charge is -2.23. The van der Waals surface area contributed by atoms with Gasteiger partial charge in [-0.05, 0) is 12.1 Å². The Morgan fingerprint density at radius 1 is 1.29 bits per heavy atom. The van der Waals surface area contributed by atoms with Crippen LogP contribution in [0.5, 0.6) is 0 Å². The van der Waals surface area contributed by atoms with Crippen LogP contribution in [0.4, 0.5) is 11.5 Å². The molecule has 7 nitrogen and oxygen atoms in total. The number of nitrogens with two attached hydrogens (primary N) is 2. The normalized spacial score (nSPS) is 10.2. The fourth-order valence-corrected chi connectivity index (χ4v) is 1.41. The molecular formula is C10H16N4O3. The Morgan fingerprint density at radius 2 is 1.88 bits per heavy atom. The number of anilines is 2. The lowest BCUT2D eigenvalue weighted by molar-refractivity contribution is 0.0995. The predicted octanol–water partition coefficient (Wildman–Crippen LogP) is -1.45. The number of aromatic nitrogens is 1. The number of nitrogens with zero attached hydrogens (tertiary/aromatic N) is 2. The number of aliphatic hydroxyl groups excluding tert-OH is 2. The van der Waals surface area contributed by atoms with Crippen molar-refractivity contribution in [1.29, 1.82) is 0 Å². The molecule has 0 aliphatic rings. The molecule has 7 heteroatoms. The van der Waals surface area contributed by atoms with E-state index in [1.54, 1.807) is 4.90 Å². The molecule has 1 rings (SSSR count). The third-order valence-electron chi connectivity index (χ3n) is 2.20. The van der Waals surface area contributed by atoms with Crippen molar-refractivity contribution in [3.05, 3.63) is 17.8 Å². The van der Waals surface area contributed by atoms with Gasteiger partial charge in [0.25, 0.3) is 5.91 Å². The Balaban J connectivity index is 3.07. The Morgan fingerprint density at radius 3 is 2.35 bits per heavy atom. The zero-order valence-corrected chi connectivity index (χ0v) is 9.33. The molecule has 0 saturated heterocycles. The van der Waals surface area contributed by atoms with Crippen LogP contribution < -0.4 is 16.4 Å². The quantitative estimate of drug-likeness (QED) is 0.482. The molecule has 17 heavy (non-hydrogen) atoms. The molecule has 1 aromatic rings. The van der Waals surface area contributed by atoms with Crippen molar-refractivity contribution in [2.75, 3.05) is 36.9 Å². The summed E-state index contributed by atoms with van der Waals surface area (Å²) >= 11 is 0. The fraction of sp³-hybridized carbons (Fsp3) is 0.400. The van der Waals surface area contributed by atoms with Gasteiger partial charge in [0.15, 0.2) is 5.82 Å². The summed E-state index contributed by atoms with van der Waals surface area (Å²) in [6.07, 6.45) is 0. The van der Waals surface area contributed by atoms with Gasteiger partial charge in [-0.3, -0.25) is 4.79 Å². The molecule has 0 spiro atoms. The molecule has 0 aliphatic heterocycles. The summed E-state index contributed by atoms with van der Waals surface area (Å²) in [6.45, 7) is 0.309. The Kier molecular flexibility index (Phi) is 4.68. The van der Waals surface area contributed by atoms with E-state index in [0.717, 1.165) is 0 Å². The second-order valence-corrected chi connectivity index (χ2v) is 3.41. The van der Waals surface area contributed by atoms with E-state index in [9.17, 15) is 4.79 Å². The summed E-state index contributed by atoms with van der Waals surface area (Å²) in [6, 6.07) is 2.95. The highest BCUT2D eigenvalue weighted by molar-refractivity contribution is 5.91. The van der Waals surface area contributed by atoms with E-state index in [1.807, 2.05) is 0 Å². The van der Waals surface area contributed by atoms with Crippen LogP contribution in [0.25, 0.3) is 0 Å². The Labute approximate surface area is 98.7 Å². The molecule has 0 bridgehead atoms. The molecule has 0 aliphatic carbocycles. The van der Waals surface area contributed by atoms with Crippen molar-refractivity contribution in [2.24, 2.45) is 5.73 Å². The summed E-state index contributed by atoms with van der Waals surface area (Å²) < 4.78 is 0. The molecular weight excluding hydrogens is 224 g/mol. The van der Waals surface area contributed by atoms with Crippen molar-refractivity contribution in [1.82, 2.24) is 4.98 Å². The minimum Gasteiger partial charge on any atom is -0.396 e. The van der Waals surface area contributed by atoms with E-state index < -0.39 is 5.91 Å². The highest BCUT2D eigenvalue weighted by Crippen LogP contribution is 2.20. The molecule has 0 saturated carbocycles. The van der Waals surface area contributed by atoms with Gasteiger partial charge in [-0.15, -0.1) is 0 Å². The smallest absolute Gasteiger partial charge is 0.267 e. The Bertz CT molecular complexity index is 391. The van der Waals surface area contributed by atoms with E-state index in [0.29, 0.717) is 11.5 Å². The molecule has 0 atom stereocenters. The van der Waals surface area contributed by atoms with Gasteiger partial charge in [0.05, 0.1) is 18.9 Å². The number of nitrogen functional groups attached to an aromatic ring is 1. The summed E-state index contributed by atoms with van der Waals surface area (Å²) in [5.74, 6) is -0.316. The second-order valence-electron chi connectivity index (χ2n) is 3.41. The van der Waals surface area contributed by atoms with Gasteiger partial charge >= 0.3 is 0 Å². The molecule has 94 valence electrons. The van der Waals surface area contributed by atoms with E-state index in [2.05, 4.69) is 4.98 Å². The number of carbonyl (C=O) groups is 1. The van der Waals surface area contributed by atoms with Crippen molar-refractivity contribution >= 4 is 17.4 Å². The molecule has 0 aromatic carbocycles. The summed E-state index contributed by atoms with van der Waals surface area (Å²) in [5.41, 5.74) is 11.3. The average molecular weight is 240 g/mol. The largest absolute Gasteiger partial charge is 0.396 e. The lowest BCUT2D eigenvalue weighted by Crippen LogP contribution is -2.31. The van der Waals surface area contributed by atoms with Gasteiger partial charge in [0.1, 0.15) is 5.69 Å². The van der Waals surface area contributed by atoms with E-state index >= 15 is 0 Å². The number of carbonyl (C=O) groups excluding carboxylic acids is 1. The van der Waals surface area contributed by atoms with E-state index in [1.165, 1.54) is 12.1 Å². The standard InChI is InChI=1S/C10H16N4O3/c11-7-1-2-8(9(12)17)13-10(7)14(3-5-15)4-6-16/h1-2,15-16H,3-6,11H2,(H2,12,17). The van der Waals surface area contributed by atoms with Crippen LogP contribution >= 0.6 is 0 Å². The predicted molar refractivity (Wildman–Crippen MR) is 63.6 cm³/mol. The first-order valence-corrected chi connectivity index (χ1v) is 5.13. The van der Waals surface area contributed by atoms with Crippen LogP contribution in [-0.4, -0.2) is 47.4 Å². The first-order chi connectivity index (χ1) is 8.10. The van der Waals surface area contributed by atoms with Gasteiger partial charge < -0.3 is 26.6 Å². The van der Waals surface area contributed by atoms with Crippen LogP contribution in [0.1, 0.15) is 10.5 Å². The van der Waals surface area contributed by atoms with Crippen molar-refractivity contribution in [2.45, 2.75) is 0 Å². The zero-order valence-electron chi connectivity index (χ0n) is 9.33. The maximum atomic E-state index is 11.0. The maximum Gasteiger partial charge on any atom is 0.267 e. The van der Waals surface area contributed by atoms with E-state index in [-0.39, 0.29) is 32.0 Å². The summed E-state index contributed by atoms with van der Waals surface area (Å²) in [7, 11) is 0. The number of hydrogen-bond acceptors (Lipinski definition) is 6. The average Bonchev–Trinajstić information content (AvgIpc) is 2.29.